The van der Waals surface area contributed by atoms with Gasteiger partial charge in [0.05, 0.1) is 10.9 Å². The van der Waals surface area contributed by atoms with Gasteiger partial charge in [-0.05, 0) is 37.6 Å². The number of fused-ring (bicyclic) bond motifs is 1. The van der Waals surface area contributed by atoms with E-state index in [4.69, 9.17) is 11.5 Å². The summed E-state index contributed by atoms with van der Waals surface area (Å²) in [5.74, 6) is 0.414. The number of rotatable bonds is 3. The highest BCUT2D eigenvalue weighted by Crippen LogP contribution is 2.40. The summed E-state index contributed by atoms with van der Waals surface area (Å²) >= 11 is 1.59. The van der Waals surface area contributed by atoms with Crippen LogP contribution < -0.4 is 16.4 Å². The molecule has 0 radical (unpaired) electrons. The SMILES string of the molecule is CC(CN)CN1C(=O)C(C)Sc2ccc(N)cc21. The molecule has 4 nitrogen and oxygen atoms in total. The minimum Gasteiger partial charge on any atom is -0.399 e. The Bertz CT molecular complexity index is 464. The molecule has 4 N–H and O–H groups in total. The van der Waals surface area contributed by atoms with E-state index in [1.807, 2.05) is 36.9 Å². The molecule has 0 aliphatic carbocycles. The predicted octanol–water partition coefficient (Wildman–Crippen LogP) is 1.69. The fourth-order valence-electron chi connectivity index (χ4n) is 2.00. The molecule has 0 spiro atoms. The second kappa shape index (κ2) is 5.20. The van der Waals surface area contributed by atoms with Crippen LogP contribution in [0.4, 0.5) is 11.4 Å². The number of thioether (sulfide) groups is 1. The van der Waals surface area contributed by atoms with Crippen LogP contribution in [0.5, 0.6) is 0 Å². The third kappa shape index (κ3) is 2.47. The molecule has 0 bridgehead atoms. The van der Waals surface area contributed by atoms with Crippen molar-refractivity contribution in [2.45, 2.75) is 24.0 Å². The summed E-state index contributed by atoms with van der Waals surface area (Å²) in [7, 11) is 0. The third-order valence-electron chi connectivity index (χ3n) is 3.09. The highest BCUT2D eigenvalue weighted by atomic mass is 32.2. The van der Waals surface area contributed by atoms with Crippen LogP contribution in [-0.4, -0.2) is 24.2 Å². The Morgan fingerprint density at radius 2 is 2.22 bits per heavy atom. The molecule has 2 rings (SSSR count). The van der Waals surface area contributed by atoms with Crippen molar-refractivity contribution < 1.29 is 4.79 Å². The second-order valence-electron chi connectivity index (χ2n) is 4.78. The van der Waals surface area contributed by atoms with Crippen molar-refractivity contribution in [1.29, 1.82) is 0 Å². The molecule has 1 aromatic carbocycles. The lowest BCUT2D eigenvalue weighted by molar-refractivity contribution is -0.118. The Kier molecular flexibility index (Phi) is 3.82. The number of hydrogen-bond donors (Lipinski definition) is 2. The van der Waals surface area contributed by atoms with Crippen molar-refractivity contribution in [3.8, 4) is 0 Å². The maximum atomic E-state index is 12.3. The molecule has 1 aromatic rings. The Hall–Kier alpha value is -1.20. The van der Waals surface area contributed by atoms with Crippen molar-refractivity contribution >= 4 is 29.0 Å². The normalized spacial score (nSPS) is 20.7. The number of amides is 1. The Labute approximate surface area is 112 Å². The zero-order valence-corrected chi connectivity index (χ0v) is 11.5. The Morgan fingerprint density at radius 3 is 2.89 bits per heavy atom. The molecular weight excluding hydrogens is 246 g/mol. The molecule has 2 atom stereocenters. The number of nitrogen functional groups attached to an aromatic ring is 1. The summed E-state index contributed by atoms with van der Waals surface area (Å²) < 4.78 is 0. The number of carbonyl (C=O) groups is 1. The van der Waals surface area contributed by atoms with Gasteiger partial charge in [0.15, 0.2) is 0 Å². The number of carbonyl (C=O) groups excluding carboxylic acids is 1. The summed E-state index contributed by atoms with van der Waals surface area (Å²) in [6, 6.07) is 5.73. The molecule has 0 saturated carbocycles. The fourth-order valence-corrected chi connectivity index (χ4v) is 3.04. The largest absolute Gasteiger partial charge is 0.399 e. The highest BCUT2D eigenvalue weighted by molar-refractivity contribution is 8.00. The van der Waals surface area contributed by atoms with Gasteiger partial charge in [-0.15, -0.1) is 11.8 Å². The first kappa shape index (κ1) is 13.2. The van der Waals surface area contributed by atoms with Gasteiger partial charge >= 0.3 is 0 Å². The lowest BCUT2D eigenvalue weighted by Crippen LogP contribution is -2.43. The zero-order valence-electron chi connectivity index (χ0n) is 10.7. The van der Waals surface area contributed by atoms with Crippen molar-refractivity contribution in [1.82, 2.24) is 0 Å². The van der Waals surface area contributed by atoms with Gasteiger partial charge in [0.25, 0.3) is 0 Å². The van der Waals surface area contributed by atoms with Crippen LogP contribution in [0.2, 0.25) is 0 Å². The van der Waals surface area contributed by atoms with E-state index >= 15 is 0 Å². The van der Waals surface area contributed by atoms with E-state index in [-0.39, 0.29) is 17.1 Å². The summed E-state index contributed by atoms with van der Waals surface area (Å²) in [6.07, 6.45) is 0. The highest BCUT2D eigenvalue weighted by Gasteiger charge is 2.31. The molecule has 5 heteroatoms. The maximum absolute atomic E-state index is 12.3. The van der Waals surface area contributed by atoms with Gasteiger partial charge in [-0.1, -0.05) is 6.92 Å². The van der Waals surface area contributed by atoms with Crippen molar-refractivity contribution in [3.63, 3.8) is 0 Å². The first-order chi connectivity index (χ1) is 8.52. The molecule has 18 heavy (non-hydrogen) atoms. The van der Waals surface area contributed by atoms with Crippen LogP contribution in [0.3, 0.4) is 0 Å². The smallest absolute Gasteiger partial charge is 0.240 e. The van der Waals surface area contributed by atoms with Crippen LogP contribution >= 0.6 is 11.8 Å². The Morgan fingerprint density at radius 1 is 1.50 bits per heavy atom. The summed E-state index contributed by atoms with van der Waals surface area (Å²) in [5.41, 5.74) is 13.1. The van der Waals surface area contributed by atoms with Gasteiger partial charge in [-0.25, -0.2) is 0 Å². The molecule has 0 saturated heterocycles. The van der Waals surface area contributed by atoms with E-state index in [1.165, 1.54) is 0 Å². The molecule has 0 aromatic heterocycles. The van der Waals surface area contributed by atoms with Gasteiger partial charge in [0.2, 0.25) is 5.91 Å². The van der Waals surface area contributed by atoms with Gasteiger partial charge in [0, 0.05) is 17.1 Å². The molecule has 2 unspecified atom stereocenters. The van der Waals surface area contributed by atoms with Crippen LogP contribution in [0, 0.1) is 5.92 Å². The van der Waals surface area contributed by atoms with Gasteiger partial charge in [-0.3, -0.25) is 4.79 Å². The third-order valence-corrected chi connectivity index (χ3v) is 4.24. The average molecular weight is 265 g/mol. The molecule has 1 heterocycles. The average Bonchev–Trinajstić information content (AvgIpc) is 2.35. The van der Waals surface area contributed by atoms with Gasteiger partial charge < -0.3 is 16.4 Å². The quantitative estimate of drug-likeness (QED) is 0.816. The molecule has 1 aliphatic rings. The summed E-state index contributed by atoms with van der Waals surface area (Å²) in [4.78, 5) is 15.2. The number of anilines is 2. The number of benzene rings is 1. The van der Waals surface area contributed by atoms with E-state index in [0.717, 1.165) is 10.6 Å². The van der Waals surface area contributed by atoms with Gasteiger partial charge in [-0.2, -0.15) is 0 Å². The second-order valence-corrected chi connectivity index (χ2v) is 6.16. The fraction of sp³-hybridized carbons (Fsp3) is 0.462. The van der Waals surface area contributed by atoms with Crippen LogP contribution in [-0.2, 0) is 4.79 Å². The van der Waals surface area contributed by atoms with E-state index < -0.39 is 0 Å². The number of hydrogen-bond acceptors (Lipinski definition) is 4. The van der Waals surface area contributed by atoms with Gasteiger partial charge in [0.1, 0.15) is 0 Å². The van der Waals surface area contributed by atoms with Crippen molar-refractivity contribution in [3.05, 3.63) is 18.2 Å². The Balaban J connectivity index is 2.37. The van der Waals surface area contributed by atoms with Crippen LogP contribution in [0.15, 0.2) is 23.1 Å². The maximum Gasteiger partial charge on any atom is 0.240 e. The molecule has 98 valence electrons. The molecule has 1 amide bonds. The standard InChI is InChI=1S/C13H19N3OS/c1-8(6-14)7-16-11-5-10(15)3-4-12(11)18-9(2)13(16)17/h3-5,8-9H,6-7,14-15H2,1-2H3. The molecular formula is C13H19N3OS. The monoisotopic (exact) mass is 265 g/mol. The lowest BCUT2D eigenvalue weighted by Gasteiger charge is -2.34. The van der Waals surface area contributed by atoms with E-state index in [2.05, 4.69) is 0 Å². The van der Waals surface area contributed by atoms with Crippen molar-refractivity contribution in [2.24, 2.45) is 11.7 Å². The zero-order chi connectivity index (χ0) is 13.3. The number of nitrogens with zero attached hydrogens (tertiary/aromatic N) is 1. The minimum absolute atomic E-state index is 0.0499. The van der Waals surface area contributed by atoms with Crippen LogP contribution in [0.25, 0.3) is 0 Å². The summed E-state index contributed by atoms with van der Waals surface area (Å²) in [5, 5.41) is -0.0499. The topological polar surface area (TPSA) is 72.3 Å². The summed E-state index contributed by atoms with van der Waals surface area (Å²) in [6.45, 7) is 5.21. The lowest BCUT2D eigenvalue weighted by atomic mass is 10.1. The van der Waals surface area contributed by atoms with Crippen molar-refractivity contribution in [2.75, 3.05) is 23.7 Å². The molecule has 1 aliphatic heterocycles. The van der Waals surface area contributed by atoms with E-state index in [9.17, 15) is 4.79 Å². The molecule has 0 fully saturated rings. The minimum atomic E-state index is -0.0499. The van der Waals surface area contributed by atoms with E-state index in [1.54, 1.807) is 11.8 Å². The van der Waals surface area contributed by atoms with E-state index in [0.29, 0.717) is 18.8 Å². The first-order valence-corrected chi connectivity index (χ1v) is 6.98. The first-order valence-electron chi connectivity index (χ1n) is 6.10. The van der Waals surface area contributed by atoms with Crippen LogP contribution in [0.1, 0.15) is 13.8 Å². The predicted molar refractivity (Wildman–Crippen MR) is 76.7 cm³/mol. The number of nitrogens with two attached hydrogens (primary N) is 2.